The zero-order chi connectivity index (χ0) is 54.5. The van der Waals surface area contributed by atoms with Gasteiger partial charge in [-0.15, -0.1) is 0 Å². The number of pyridine rings is 1. The summed E-state index contributed by atoms with van der Waals surface area (Å²) in [6, 6.07) is 19.9. The molecule has 4 atom stereocenters. The van der Waals surface area contributed by atoms with Crippen LogP contribution in [0.5, 0.6) is 11.6 Å². The van der Waals surface area contributed by atoms with Gasteiger partial charge in [0, 0.05) is 61.7 Å². The van der Waals surface area contributed by atoms with Crippen LogP contribution in [0.4, 0.5) is 28.4 Å². The number of amides is 1. The largest absolute Gasteiger partial charge is 0.489 e. The van der Waals surface area contributed by atoms with Gasteiger partial charge in [0.25, 0.3) is 21.6 Å². The number of benzene rings is 3. The molecule has 3 saturated heterocycles. The van der Waals surface area contributed by atoms with E-state index in [2.05, 4.69) is 69.9 Å². The SMILES string of the molecule is Cc1ccccc1[C@@H]1COC(C)(C)CN1C1CC2(CCN(c3ccc(C(=O)NS(=O)(=O)c4cc5c(c([N+](=O)[O-])c4)N[C@@H](C4CCC(C)(OP(=O)(O)O)CC4)CO5)c(N4c5cc6cc[nH]c6nc5O[C@H]5COCC[C@@H]54)c3)CC2)C1. The maximum atomic E-state index is 14.9. The van der Waals surface area contributed by atoms with Gasteiger partial charge in [0.15, 0.2) is 11.4 Å². The number of hydrogen-bond donors (Lipinski definition) is 5. The number of piperidine rings is 1. The van der Waals surface area contributed by atoms with Crippen molar-refractivity contribution < 1.29 is 56.0 Å². The molecule has 5 aliphatic heterocycles. The van der Waals surface area contributed by atoms with E-state index in [1.807, 2.05) is 29.2 Å². The average molecular weight is 1110 g/mol. The van der Waals surface area contributed by atoms with Crippen molar-refractivity contribution >= 4 is 63.2 Å². The number of carbonyl (C=O) groups is 1. The van der Waals surface area contributed by atoms with Crippen molar-refractivity contribution in [3.63, 3.8) is 0 Å². The molecule has 5 aromatic rings. The molecule has 78 heavy (non-hydrogen) atoms. The first-order valence-electron chi connectivity index (χ1n) is 27.0. The van der Waals surface area contributed by atoms with E-state index in [-0.39, 0.29) is 59.2 Å². The summed E-state index contributed by atoms with van der Waals surface area (Å²) in [5.41, 5.74) is 3.57. The third kappa shape index (κ3) is 10.1. The van der Waals surface area contributed by atoms with Crippen LogP contribution in [0.3, 0.4) is 0 Å². The molecule has 0 bridgehead atoms. The average Bonchev–Trinajstić information content (AvgIpc) is 3.88. The van der Waals surface area contributed by atoms with Crippen molar-refractivity contribution in [2.45, 2.75) is 132 Å². The zero-order valence-electron chi connectivity index (χ0n) is 44.2. The van der Waals surface area contributed by atoms with Crippen LogP contribution in [0.2, 0.25) is 0 Å². The number of aryl methyl sites for hydroxylation is 1. The lowest BCUT2D eigenvalue weighted by Crippen LogP contribution is -2.61. The Hall–Kier alpha value is -5.84. The normalized spacial score (nSPS) is 27.8. The van der Waals surface area contributed by atoms with Crippen molar-refractivity contribution in [3.8, 4) is 11.6 Å². The summed E-state index contributed by atoms with van der Waals surface area (Å²) in [6.07, 6.45) is 7.70. The smallest absolute Gasteiger partial charge is 0.470 e. The molecule has 5 N–H and O–H groups in total. The summed E-state index contributed by atoms with van der Waals surface area (Å²) in [4.78, 5) is 60.3. The Labute approximate surface area is 452 Å². The third-order valence-electron chi connectivity index (χ3n) is 17.8. The second-order valence-electron chi connectivity index (χ2n) is 23.5. The van der Waals surface area contributed by atoms with Gasteiger partial charge < -0.3 is 48.8 Å². The maximum Gasteiger partial charge on any atom is 0.470 e. The second-order valence-corrected chi connectivity index (χ2v) is 26.3. The molecule has 5 fully saturated rings. The predicted molar refractivity (Wildman–Crippen MR) is 290 cm³/mol. The van der Waals surface area contributed by atoms with Crippen LogP contribution < -0.4 is 29.3 Å². The highest BCUT2D eigenvalue weighted by atomic mass is 32.2. The lowest BCUT2D eigenvalue weighted by atomic mass is 9.59. The Balaban J connectivity index is 0.819. The second kappa shape index (κ2) is 19.8. The van der Waals surface area contributed by atoms with Crippen molar-refractivity contribution in [2.24, 2.45) is 11.3 Å². The fraction of sp³-hybridized carbons (Fsp3) is 0.527. The van der Waals surface area contributed by atoms with Gasteiger partial charge in [0.05, 0.1) is 63.6 Å². The van der Waals surface area contributed by atoms with Crippen LogP contribution >= 0.6 is 7.82 Å². The van der Waals surface area contributed by atoms with Gasteiger partial charge in [-0.1, -0.05) is 24.3 Å². The number of aromatic amines is 1. The number of carbonyl (C=O) groups excluding carboxylic acids is 1. The molecular formula is C55H67N8O13PS. The first-order chi connectivity index (χ1) is 37.1. The molecule has 416 valence electrons. The number of ether oxygens (including phenoxy) is 4. The molecule has 1 spiro atoms. The highest BCUT2D eigenvalue weighted by Gasteiger charge is 2.52. The molecule has 12 rings (SSSR count). The van der Waals surface area contributed by atoms with Gasteiger partial charge in [-0.3, -0.25) is 24.3 Å². The summed E-state index contributed by atoms with van der Waals surface area (Å²) in [7, 11) is -9.51. The molecule has 3 aromatic carbocycles. The Morgan fingerprint density at radius 2 is 1.73 bits per heavy atom. The van der Waals surface area contributed by atoms with E-state index in [9.17, 15) is 37.7 Å². The number of H-pyrrole nitrogens is 1. The fourth-order valence-corrected chi connectivity index (χ4v) is 15.3. The zero-order valence-corrected chi connectivity index (χ0v) is 45.9. The number of nitrogens with one attached hydrogen (secondary N) is 3. The van der Waals surface area contributed by atoms with E-state index < -0.39 is 57.0 Å². The minimum atomic E-state index is -4.78. The maximum absolute atomic E-state index is 14.9. The Kier molecular flexibility index (Phi) is 13.4. The van der Waals surface area contributed by atoms with Gasteiger partial charge >= 0.3 is 7.82 Å². The summed E-state index contributed by atoms with van der Waals surface area (Å²) >= 11 is 0. The first-order valence-corrected chi connectivity index (χ1v) is 30.1. The van der Waals surface area contributed by atoms with Crippen LogP contribution in [0.25, 0.3) is 11.0 Å². The number of phosphoric ester groups is 1. The molecule has 7 aliphatic rings. The number of nitro benzene ring substituents is 1. The number of nitro groups is 1. The van der Waals surface area contributed by atoms with Crippen LogP contribution in [0.15, 0.2) is 77.8 Å². The van der Waals surface area contributed by atoms with Crippen molar-refractivity contribution in [3.05, 3.63) is 99.7 Å². The standard InChI is InChI=1S/C55H67N8O13PS/c1-33-7-5-6-8-39(33)46-30-74-53(2,3)32-61(46)37-27-55(28-37)17-20-60(21-18-55)36-9-10-40(43(24-36)62-42-14-22-72-31-48(42)75-52-45(62)23-35-13-19-56-50(35)58-52)51(64)59-78(70,71)38-25-44(63(65)66)49-47(26-38)73-29-41(57-49)34-11-15-54(4,16-12-34)76-77(67,68)69/h5-10,13,19,23-26,34,37,41-42,46,48,57H,11-12,14-18,20-22,27-32H2,1-4H3,(H,56,58)(H,59,64)(H2,67,68,69)/t34?,41-,42+,46+,48+,54?/m1/s1. The van der Waals surface area contributed by atoms with Crippen molar-refractivity contribution in [2.75, 3.05) is 61.2 Å². The Bertz CT molecular complexity index is 3330. The van der Waals surface area contributed by atoms with E-state index in [4.69, 9.17) is 28.5 Å². The number of aromatic nitrogens is 2. The molecule has 0 unspecified atom stereocenters. The van der Waals surface area contributed by atoms with Crippen molar-refractivity contribution in [1.82, 2.24) is 19.6 Å². The van der Waals surface area contributed by atoms with Gasteiger partial charge in [0.2, 0.25) is 5.88 Å². The molecule has 0 radical (unpaired) electrons. The Morgan fingerprint density at radius 1 is 0.962 bits per heavy atom. The summed E-state index contributed by atoms with van der Waals surface area (Å²) < 4.78 is 72.8. The van der Waals surface area contributed by atoms with Crippen molar-refractivity contribution in [1.29, 1.82) is 0 Å². The summed E-state index contributed by atoms with van der Waals surface area (Å²) in [5.74, 6) is -0.770. The van der Waals surface area contributed by atoms with Crippen LogP contribution in [0.1, 0.15) is 106 Å². The minimum absolute atomic E-state index is 0.00461. The Morgan fingerprint density at radius 3 is 2.47 bits per heavy atom. The lowest BCUT2D eigenvalue weighted by molar-refractivity contribution is -0.384. The van der Waals surface area contributed by atoms with E-state index >= 15 is 0 Å². The topological polar surface area (TPSA) is 260 Å². The lowest BCUT2D eigenvalue weighted by Gasteiger charge is -2.59. The van der Waals surface area contributed by atoms with Crippen LogP contribution in [-0.2, 0) is 28.6 Å². The molecule has 2 aromatic heterocycles. The number of anilines is 4. The molecule has 23 heteroatoms. The third-order valence-corrected chi connectivity index (χ3v) is 19.8. The number of morpholine rings is 1. The highest BCUT2D eigenvalue weighted by Crippen LogP contribution is 2.55. The number of hydrogen-bond acceptors (Lipinski definition) is 16. The summed E-state index contributed by atoms with van der Waals surface area (Å²) in [5, 5.41) is 16.7. The number of sulfonamides is 1. The molecule has 1 amide bonds. The first kappa shape index (κ1) is 52.8. The quantitative estimate of drug-likeness (QED) is 0.0472. The molecule has 7 heterocycles. The fourth-order valence-electron chi connectivity index (χ4n) is 13.6. The number of rotatable bonds is 11. The summed E-state index contributed by atoms with van der Waals surface area (Å²) in [6.45, 7) is 12.0. The van der Waals surface area contributed by atoms with Crippen LogP contribution in [-0.4, -0.2) is 125 Å². The molecular weight excluding hydrogens is 1040 g/mol. The number of fused-ring (bicyclic) bond motifs is 4. The number of nitrogens with zero attached hydrogens (tertiary/aromatic N) is 5. The molecule has 2 aliphatic carbocycles. The minimum Gasteiger partial charge on any atom is -0.489 e. The van der Waals surface area contributed by atoms with Gasteiger partial charge in [-0.25, -0.2) is 17.7 Å². The molecule has 21 nitrogen and oxygen atoms in total. The van der Waals surface area contributed by atoms with E-state index in [1.165, 1.54) is 17.2 Å². The predicted octanol–water partition coefficient (Wildman–Crippen LogP) is 8.42. The monoisotopic (exact) mass is 1110 g/mol. The number of phosphoric acid groups is 1. The van der Waals surface area contributed by atoms with Crippen LogP contribution in [0, 0.1) is 28.4 Å². The van der Waals surface area contributed by atoms with Gasteiger partial charge in [-0.05, 0) is 138 Å². The van der Waals surface area contributed by atoms with E-state index in [1.54, 1.807) is 19.2 Å². The molecule has 2 saturated carbocycles. The van der Waals surface area contributed by atoms with Gasteiger partial charge in [0.1, 0.15) is 24.0 Å². The van der Waals surface area contributed by atoms with E-state index in [0.717, 1.165) is 62.5 Å². The van der Waals surface area contributed by atoms with E-state index in [0.29, 0.717) is 74.3 Å². The van der Waals surface area contributed by atoms with Gasteiger partial charge in [-0.2, -0.15) is 4.98 Å². The highest BCUT2D eigenvalue weighted by molar-refractivity contribution is 7.90.